The number of guanidine groups is 1. The largest absolute Gasteiger partial charge is 0.357 e. The smallest absolute Gasteiger partial charge is 0.224 e. The standard InChI is InChI=1S/C19H26N4OS2/c1-3-20-19(22-12-16-5-4-14(2)26-16)21-9-6-18(24)23-10-7-17-15(13-23)8-11-25-17/h4-5,8,11H,3,6-7,9-10,12-13H2,1-2H3,(H2,20,21,22). The summed E-state index contributed by atoms with van der Waals surface area (Å²) >= 11 is 3.57. The fraction of sp³-hybridized carbons (Fsp3) is 0.474. The third kappa shape index (κ3) is 5.08. The first-order valence-corrected chi connectivity index (χ1v) is 10.8. The summed E-state index contributed by atoms with van der Waals surface area (Å²) in [5.74, 6) is 0.976. The summed E-state index contributed by atoms with van der Waals surface area (Å²) < 4.78 is 0. The van der Waals surface area contributed by atoms with Crippen molar-refractivity contribution in [3.63, 3.8) is 0 Å². The Morgan fingerprint density at radius 3 is 2.96 bits per heavy atom. The Morgan fingerprint density at radius 2 is 2.19 bits per heavy atom. The molecule has 0 aliphatic carbocycles. The lowest BCUT2D eigenvalue weighted by Gasteiger charge is -2.27. The second-order valence-corrected chi connectivity index (χ2v) is 8.69. The number of hydrogen-bond donors (Lipinski definition) is 2. The van der Waals surface area contributed by atoms with Gasteiger partial charge in [0.1, 0.15) is 0 Å². The molecule has 7 heteroatoms. The van der Waals surface area contributed by atoms with Gasteiger partial charge in [-0.25, -0.2) is 4.99 Å². The molecule has 1 aliphatic rings. The molecule has 0 fully saturated rings. The van der Waals surface area contributed by atoms with Gasteiger partial charge < -0.3 is 15.5 Å². The molecule has 2 N–H and O–H groups in total. The normalized spacial score (nSPS) is 14.2. The highest BCUT2D eigenvalue weighted by Crippen LogP contribution is 2.24. The van der Waals surface area contributed by atoms with Crippen molar-refractivity contribution in [2.45, 2.75) is 39.8 Å². The van der Waals surface area contributed by atoms with Crippen LogP contribution in [0.3, 0.4) is 0 Å². The maximum absolute atomic E-state index is 12.5. The van der Waals surface area contributed by atoms with Gasteiger partial charge >= 0.3 is 0 Å². The van der Waals surface area contributed by atoms with Crippen LogP contribution in [0.4, 0.5) is 0 Å². The minimum absolute atomic E-state index is 0.207. The van der Waals surface area contributed by atoms with Gasteiger partial charge in [0, 0.05) is 47.2 Å². The maximum Gasteiger partial charge on any atom is 0.224 e. The third-order valence-corrected chi connectivity index (χ3v) is 6.33. The van der Waals surface area contributed by atoms with Crippen molar-refractivity contribution in [1.82, 2.24) is 15.5 Å². The molecule has 0 spiro atoms. The van der Waals surface area contributed by atoms with Crippen LogP contribution in [0.25, 0.3) is 0 Å². The molecule has 0 radical (unpaired) electrons. The minimum atomic E-state index is 0.207. The number of carbonyl (C=O) groups excluding carboxylic acids is 1. The number of nitrogens with zero attached hydrogens (tertiary/aromatic N) is 2. The predicted octanol–water partition coefficient (Wildman–Crippen LogP) is 3.15. The number of nitrogens with one attached hydrogen (secondary N) is 2. The monoisotopic (exact) mass is 390 g/mol. The Bertz CT molecular complexity index is 765. The molecule has 2 aromatic heterocycles. The van der Waals surface area contributed by atoms with Gasteiger partial charge in [-0.15, -0.1) is 22.7 Å². The highest BCUT2D eigenvalue weighted by atomic mass is 32.1. The Kier molecular flexibility index (Phi) is 6.68. The van der Waals surface area contributed by atoms with Crippen LogP contribution >= 0.6 is 22.7 Å². The average molecular weight is 391 g/mol. The summed E-state index contributed by atoms with van der Waals surface area (Å²) in [6, 6.07) is 6.37. The first-order valence-electron chi connectivity index (χ1n) is 9.06. The van der Waals surface area contributed by atoms with E-state index in [4.69, 9.17) is 0 Å². The lowest BCUT2D eigenvalue weighted by atomic mass is 10.1. The van der Waals surface area contributed by atoms with Gasteiger partial charge in [-0.05, 0) is 49.4 Å². The maximum atomic E-state index is 12.5. The molecule has 1 aliphatic heterocycles. The Balaban J connectivity index is 1.46. The molecular weight excluding hydrogens is 364 g/mol. The number of amides is 1. The van der Waals surface area contributed by atoms with Crippen molar-refractivity contribution < 1.29 is 4.79 Å². The van der Waals surface area contributed by atoms with E-state index in [2.05, 4.69) is 46.1 Å². The van der Waals surface area contributed by atoms with Crippen LogP contribution in [0, 0.1) is 6.92 Å². The van der Waals surface area contributed by atoms with Crippen LogP contribution in [0.15, 0.2) is 28.6 Å². The van der Waals surface area contributed by atoms with Gasteiger partial charge in [-0.3, -0.25) is 4.79 Å². The fourth-order valence-electron chi connectivity index (χ4n) is 2.98. The van der Waals surface area contributed by atoms with Crippen LogP contribution < -0.4 is 10.6 Å². The molecule has 1 amide bonds. The highest BCUT2D eigenvalue weighted by molar-refractivity contribution is 7.11. The summed E-state index contributed by atoms with van der Waals surface area (Å²) in [5, 5.41) is 8.64. The lowest BCUT2D eigenvalue weighted by Crippen LogP contribution is -2.41. The Morgan fingerprint density at radius 1 is 1.31 bits per heavy atom. The molecule has 0 saturated heterocycles. The number of aryl methyl sites for hydroxylation is 1. The topological polar surface area (TPSA) is 56.7 Å². The van der Waals surface area contributed by atoms with E-state index in [0.29, 0.717) is 19.5 Å². The second-order valence-electron chi connectivity index (χ2n) is 6.32. The molecule has 0 bridgehead atoms. The van der Waals surface area contributed by atoms with E-state index in [9.17, 15) is 4.79 Å². The van der Waals surface area contributed by atoms with E-state index in [0.717, 1.165) is 32.0 Å². The third-order valence-electron chi connectivity index (χ3n) is 4.32. The molecule has 0 saturated carbocycles. The van der Waals surface area contributed by atoms with Crippen molar-refractivity contribution >= 4 is 34.5 Å². The molecule has 5 nitrogen and oxygen atoms in total. The number of thiophene rings is 2. The number of hydrogen-bond acceptors (Lipinski definition) is 4. The first-order chi connectivity index (χ1) is 12.7. The lowest BCUT2D eigenvalue weighted by molar-refractivity contribution is -0.131. The van der Waals surface area contributed by atoms with Gasteiger partial charge in [0.25, 0.3) is 0 Å². The molecule has 2 aromatic rings. The van der Waals surface area contributed by atoms with Gasteiger partial charge in [0.2, 0.25) is 5.91 Å². The molecule has 3 rings (SSSR count). The van der Waals surface area contributed by atoms with E-state index in [-0.39, 0.29) is 5.91 Å². The van der Waals surface area contributed by atoms with Crippen LogP contribution in [-0.4, -0.2) is 36.4 Å². The van der Waals surface area contributed by atoms with Crippen LogP contribution in [0.5, 0.6) is 0 Å². The molecule has 140 valence electrons. The molecule has 0 unspecified atom stereocenters. The summed E-state index contributed by atoms with van der Waals surface area (Å²) in [7, 11) is 0. The minimum Gasteiger partial charge on any atom is -0.357 e. The van der Waals surface area contributed by atoms with Crippen molar-refractivity contribution in [3.8, 4) is 0 Å². The van der Waals surface area contributed by atoms with Gasteiger partial charge in [-0.2, -0.15) is 0 Å². The van der Waals surface area contributed by atoms with E-state index in [1.165, 1.54) is 20.2 Å². The summed E-state index contributed by atoms with van der Waals surface area (Å²) in [6.07, 6.45) is 1.47. The Hall–Kier alpha value is -1.86. The van der Waals surface area contributed by atoms with Gasteiger partial charge in [-0.1, -0.05) is 0 Å². The van der Waals surface area contributed by atoms with Crippen molar-refractivity contribution in [3.05, 3.63) is 43.8 Å². The predicted molar refractivity (Wildman–Crippen MR) is 110 cm³/mol. The number of carbonyl (C=O) groups is 1. The number of aliphatic imine (C=N–C) groups is 1. The summed E-state index contributed by atoms with van der Waals surface area (Å²) in [6.45, 7) is 7.80. The van der Waals surface area contributed by atoms with E-state index in [1.807, 2.05) is 11.8 Å². The SMILES string of the molecule is CCNC(=NCc1ccc(C)s1)NCCC(=O)N1CCc2sccc2C1. The molecular formula is C19H26N4OS2. The number of rotatable bonds is 6. The molecule has 0 aromatic carbocycles. The Labute approximate surface area is 163 Å². The van der Waals surface area contributed by atoms with Crippen molar-refractivity contribution in [2.24, 2.45) is 4.99 Å². The molecule has 3 heterocycles. The van der Waals surface area contributed by atoms with Crippen LogP contribution in [0.2, 0.25) is 0 Å². The van der Waals surface area contributed by atoms with Crippen molar-refractivity contribution in [1.29, 1.82) is 0 Å². The molecule has 26 heavy (non-hydrogen) atoms. The summed E-state index contributed by atoms with van der Waals surface area (Å²) in [5.41, 5.74) is 1.31. The van der Waals surface area contributed by atoms with E-state index >= 15 is 0 Å². The van der Waals surface area contributed by atoms with E-state index in [1.54, 1.807) is 22.7 Å². The van der Waals surface area contributed by atoms with Crippen molar-refractivity contribution in [2.75, 3.05) is 19.6 Å². The zero-order chi connectivity index (χ0) is 18.4. The van der Waals surface area contributed by atoms with Crippen LogP contribution in [-0.2, 0) is 24.3 Å². The number of fused-ring (bicyclic) bond motifs is 1. The van der Waals surface area contributed by atoms with Gasteiger partial charge in [0.05, 0.1) is 6.54 Å². The highest BCUT2D eigenvalue weighted by Gasteiger charge is 2.20. The fourth-order valence-corrected chi connectivity index (χ4v) is 4.68. The molecule has 0 atom stereocenters. The zero-order valence-electron chi connectivity index (χ0n) is 15.4. The van der Waals surface area contributed by atoms with Gasteiger partial charge in [0.15, 0.2) is 5.96 Å². The average Bonchev–Trinajstić information content (AvgIpc) is 3.27. The second kappa shape index (κ2) is 9.19. The van der Waals surface area contributed by atoms with Crippen LogP contribution in [0.1, 0.15) is 33.5 Å². The summed E-state index contributed by atoms with van der Waals surface area (Å²) in [4.78, 5) is 23.0. The first kappa shape index (κ1) is 18.9. The van der Waals surface area contributed by atoms with E-state index < -0.39 is 0 Å². The zero-order valence-corrected chi connectivity index (χ0v) is 17.0. The quantitative estimate of drug-likeness (QED) is 0.588.